The van der Waals surface area contributed by atoms with Gasteiger partial charge in [-0.3, -0.25) is 0 Å². The van der Waals surface area contributed by atoms with Crippen molar-refractivity contribution < 1.29 is 8.76 Å². The second-order valence-corrected chi connectivity index (χ2v) is 3.74. The highest BCUT2D eigenvalue weighted by Crippen LogP contribution is 2.14. The molecule has 0 saturated carbocycles. The summed E-state index contributed by atoms with van der Waals surface area (Å²) in [7, 11) is 0. The van der Waals surface area contributed by atoms with Crippen molar-refractivity contribution >= 4 is 22.4 Å². The molecule has 0 radical (unpaired) electrons. The van der Waals surface area contributed by atoms with Crippen LogP contribution >= 0.6 is 11.3 Å². The molecule has 1 aromatic rings. The maximum atomic E-state index is 10.3. The van der Waals surface area contributed by atoms with Crippen LogP contribution in [-0.4, -0.2) is 8.76 Å². The van der Waals surface area contributed by atoms with E-state index in [-0.39, 0.29) is 5.75 Å². The topological polar surface area (TPSA) is 61.1 Å². The van der Waals surface area contributed by atoms with E-state index in [2.05, 4.69) is 0 Å². The Kier molecular flexibility index (Phi) is 2.76. The summed E-state index contributed by atoms with van der Waals surface area (Å²) in [5.74, 6) is 0.109. The lowest BCUT2D eigenvalue weighted by molar-refractivity contribution is 0.563. The van der Waals surface area contributed by atoms with Crippen LogP contribution in [0.4, 0.5) is 0 Å². The molecule has 5 heteroatoms. The normalized spacial score (nSPS) is 12.4. The van der Waals surface area contributed by atoms with Crippen LogP contribution in [0.5, 0.6) is 0 Å². The first-order chi connectivity index (χ1) is 5.22. The fourth-order valence-electron chi connectivity index (χ4n) is 0.652. The molecule has 11 heavy (non-hydrogen) atoms. The molecule has 58 valence electrons. The van der Waals surface area contributed by atoms with E-state index in [0.29, 0.717) is 4.88 Å². The summed E-state index contributed by atoms with van der Waals surface area (Å²) in [4.78, 5) is 0.574. The lowest BCUT2D eigenvalue weighted by Crippen LogP contribution is -1.89. The minimum Gasteiger partial charge on any atom is -0.306 e. The number of hydrogen-bond acceptors (Lipinski definition) is 3. The van der Waals surface area contributed by atoms with Crippen LogP contribution in [0, 0.1) is 11.3 Å². The van der Waals surface area contributed by atoms with Crippen molar-refractivity contribution in [3.63, 3.8) is 0 Å². The summed E-state index contributed by atoms with van der Waals surface area (Å²) in [5, 5.41) is 10.1. The summed E-state index contributed by atoms with van der Waals surface area (Å²) in [5.41, 5.74) is 0.743. The van der Waals surface area contributed by atoms with E-state index in [1.807, 2.05) is 6.07 Å². The van der Waals surface area contributed by atoms with E-state index in [4.69, 9.17) is 9.81 Å². The van der Waals surface area contributed by atoms with Crippen molar-refractivity contribution in [3.8, 4) is 6.07 Å². The smallest absolute Gasteiger partial charge is 0.157 e. The van der Waals surface area contributed by atoms with Gasteiger partial charge in [0.25, 0.3) is 0 Å². The Hall–Kier alpha value is -0.700. The molecule has 1 rings (SSSR count). The Morgan fingerprint density at radius 3 is 3.00 bits per heavy atom. The van der Waals surface area contributed by atoms with Crippen molar-refractivity contribution in [2.75, 3.05) is 0 Å². The zero-order valence-corrected chi connectivity index (χ0v) is 7.11. The molecule has 0 aliphatic heterocycles. The van der Waals surface area contributed by atoms with E-state index < -0.39 is 11.1 Å². The van der Waals surface area contributed by atoms with Crippen molar-refractivity contribution in [1.29, 1.82) is 5.26 Å². The summed E-state index contributed by atoms with van der Waals surface area (Å²) in [6.45, 7) is 0. The molecule has 1 heterocycles. The lowest BCUT2D eigenvalue weighted by Gasteiger charge is -1.86. The SMILES string of the molecule is N#Cc1cc(CS(=O)O)cs1. The molecule has 0 aliphatic rings. The van der Waals surface area contributed by atoms with Crippen molar-refractivity contribution in [3.05, 3.63) is 21.9 Å². The lowest BCUT2D eigenvalue weighted by atomic mass is 10.3. The first kappa shape index (κ1) is 8.40. The van der Waals surface area contributed by atoms with Gasteiger partial charge in [-0.2, -0.15) is 5.26 Å². The van der Waals surface area contributed by atoms with Crippen molar-refractivity contribution in [2.45, 2.75) is 5.75 Å². The third-order valence-corrected chi connectivity index (χ3v) is 2.52. The van der Waals surface area contributed by atoms with Gasteiger partial charge in [-0.1, -0.05) is 0 Å². The molecule has 0 bridgehead atoms. The van der Waals surface area contributed by atoms with Gasteiger partial charge < -0.3 is 4.55 Å². The number of thiophene rings is 1. The third-order valence-electron chi connectivity index (χ3n) is 1.05. The maximum absolute atomic E-state index is 10.3. The Morgan fingerprint density at radius 2 is 2.55 bits per heavy atom. The van der Waals surface area contributed by atoms with Crippen molar-refractivity contribution in [1.82, 2.24) is 0 Å². The maximum Gasteiger partial charge on any atom is 0.157 e. The van der Waals surface area contributed by atoms with Gasteiger partial charge in [0.05, 0.1) is 5.75 Å². The first-order valence-corrected chi connectivity index (χ1v) is 4.93. The first-order valence-electron chi connectivity index (χ1n) is 2.77. The number of nitrogens with zero attached hydrogens (tertiary/aromatic N) is 1. The second-order valence-electron chi connectivity index (χ2n) is 1.90. The van der Waals surface area contributed by atoms with Crippen LogP contribution in [0.2, 0.25) is 0 Å². The Bertz CT molecular complexity index is 313. The summed E-state index contributed by atoms with van der Waals surface area (Å²) >= 11 is -0.523. The van der Waals surface area contributed by atoms with Gasteiger partial charge in [0.1, 0.15) is 10.9 Å². The predicted molar refractivity (Wildman–Crippen MR) is 43.5 cm³/mol. The molecule has 0 saturated heterocycles. The fourth-order valence-corrected chi connectivity index (χ4v) is 1.91. The van der Waals surface area contributed by atoms with E-state index in [1.165, 1.54) is 11.3 Å². The predicted octanol–water partition coefficient (Wildman–Crippen LogP) is 1.34. The van der Waals surface area contributed by atoms with Gasteiger partial charge in [0, 0.05) is 0 Å². The van der Waals surface area contributed by atoms with Crippen molar-refractivity contribution in [2.24, 2.45) is 0 Å². The van der Waals surface area contributed by atoms with E-state index >= 15 is 0 Å². The Morgan fingerprint density at radius 1 is 1.82 bits per heavy atom. The Labute approximate surface area is 70.6 Å². The highest BCUT2D eigenvalue weighted by Gasteiger charge is 2.01. The minimum atomic E-state index is -1.81. The molecule has 3 nitrogen and oxygen atoms in total. The Balaban J connectivity index is 2.75. The summed E-state index contributed by atoms with van der Waals surface area (Å²) in [6, 6.07) is 3.58. The van der Waals surface area contributed by atoms with E-state index in [0.717, 1.165) is 5.56 Å². The van der Waals surface area contributed by atoms with Gasteiger partial charge in [-0.05, 0) is 17.0 Å². The molecule has 1 aromatic heterocycles. The molecule has 0 fully saturated rings. The van der Waals surface area contributed by atoms with Gasteiger partial charge in [0.2, 0.25) is 0 Å². The average Bonchev–Trinajstić information content (AvgIpc) is 2.34. The van der Waals surface area contributed by atoms with Gasteiger partial charge >= 0.3 is 0 Å². The molecule has 0 spiro atoms. The molecular formula is C6H5NO2S2. The van der Waals surface area contributed by atoms with E-state index in [1.54, 1.807) is 11.4 Å². The highest BCUT2D eigenvalue weighted by molar-refractivity contribution is 7.78. The van der Waals surface area contributed by atoms with E-state index in [9.17, 15) is 4.21 Å². The fraction of sp³-hybridized carbons (Fsp3) is 0.167. The molecule has 0 aliphatic carbocycles. The monoisotopic (exact) mass is 187 g/mol. The number of hydrogen-bond donors (Lipinski definition) is 1. The number of nitriles is 1. The molecule has 1 unspecified atom stereocenters. The van der Waals surface area contributed by atoms with Gasteiger partial charge in [-0.25, -0.2) is 4.21 Å². The molecule has 0 amide bonds. The molecule has 0 aromatic carbocycles. The quantitative estimate of drug-likeness (QED) is 0.711. The molecule has 1 N–H and O–H groups in total. The summed E-state index contributed by atoms with van der Waals surface area (Å²) < 4.78 is 18.8. The summed E-state index contributed by atoms with van der Waals surface area (Å²) in [6.07, 6.45) is 0. The molecular weight excluding hydrogens is 182 g/mol. The molecule has 1 atom stereocenters. The van der Waals surface area contributed by atoms with Crippen LogP contribution in [0.1, 0.15) is 10.4 Å². The number of rotatable bonds is 2. The zero-order valence-electron chi connectivity index (χ0n) is 5.48. The van der Waals surface area contributed by atoms with Gasteiger partial charge in [-0.15, -0.1) is 11.3 Å². The zero-order chi connectivity index (χ0) is 8.27. The van der Waals surface area contributed by atoms with Crippen LogP contribution in [0.3, 0.4) is 0 Å². The standard InChI is InChI=1S/C6H5NO2S2/c7-2-6-1-5(3-10-6)4-11(8)9/h1,3H,4H2,(H,8,9). The highest BCUT2D eigenvalue weighted by atomic mass is 32.2. The third kappa shape index (κ3) is 2.42. The largest absolute Gasteiger partial charge is 0.306 e. The average molecular weight is 187 g/mol. The minimum absolute atomic E-state index is 0.109. The second kappa shape index (κ2) is 3.62. The van der Waals surface area contributed by atoms with Crippen LogP contribution < -0.4 is 0 Å². The van der Waals surface area contributed by atoms with Crippen LogP contribution in [-0.2, 0) is 16.8 Å². The van der Waals surface area contributed by atoms with Crippen LogP contribution in [0.25, 0.3) is 0 Å². The van der Waals surface area contributed by atoms with Gasteiger partial charge in [0.15, 0.2) is 11.1 Å². The van der Waals surface area contributed by atoms with Crippen LogP contribution in [0.15, 0.2) is 11.4 Å².